The van der Waals surface area contributed by atoms with E-state index in [1.54, 1.807) is 4.90 Å². The molecule has 3 aliphatic rings. The molecule has 4 rings (SSSR count). The standard InChI is InChI=1S/C19H22N2O4/c1-11-14-10-12(16-4-2-3-9-25-16)5-6-13(14)19(24)21(11)15-7-8-17(22)20-18(15)23/h5-6,10-11,15-16H,2-4,7-9H2,1H3,(H,20,22,23)/t11-,15+,16?/m1/s1. The Balaban J connectivity index is 1.62. The Hall–Kier alpha value is -2.21. The van der Waals surface area contributed by atoms with Crippen LogP contribution in [-0.2, 0) is 14.3 Å². The summed E-state index contributed by atoms with van der Waals surface area (Å²) in [5.74, 6) is -0.775. The van der Waals surface area contributed by atoms with E-state index in [1.165, 1.54) is 0 Å². The van der Waals surface area contributed by atoms with Gasteiger partial charge in [-0.25, -0.2) is 0 Å². The van der Waals surface area contributed by atoms with Gasteiger partial charge in [0.25, 0.3) is 5.91 Å². The summed E-state index contributed by atoms with van der Waals surface area (Å²) >= 11 is 0. The van der Waals surface area contributed by atoms with Crippen LogP contribution in [0.3, 0.4) is 0 Å². The van der Waals surface area contributed by atoms with Gasteiger partial charge in [-0.05, 0) is 49.8 Å². The number of carbonyl (C=O) groups excluding carboxylic acids is 3. The zero-order chi connectivity index (χ0) is 17.6. The molecule has 0 aromatic heterocycles. The number of rotatable bonds is 2. The second-order valence-electron chi connectivity index (χ2n) is 7.06. The first-order valence-electron chi connectivity index (χ1n) is 8.98. The zero-order valence-corrected chi connectivity index (χ0v) is 14.3. The van der Waals surface area contributed by atoms with E-state index in [9.17, 15) is 14.4 Å². The predicted molar refractivity (Wildman–Crippen MR) is 89.7 cm³/mol. The van der Waals surface area contributed by atoms with Crippen LogP contribution in [0, 0.1) is 0 Å². The number of nitrogens with one attached hydrogen (secondary N) is 1. The molecule has 6 nitrogen and oxygen atoms in total. The van der Waals surface area contributed by atoms with E-state index < -0.39 is 6.04 Å². The Bertz CT molecular complexity index is 739. The number of fused-ring (bicyclic) bond motifs is 1. The average Bonchev–Trinajstić information content (AvgIpc) is 2.87. The van der Waals surface area contributed by atoms with Crippen LogP contribution in [0.25, 0.3) is 0 Å². The fourth-order valence-electron chi connectivity index (χ4n) is 4.15. The van der Waals surface area contributed by atoms with Crippen LogP contribution in [0.15, 0.2) is 18.2 Å². The van der Waals surface area contributed by atoms with E-state index in [1.807, 2.05) is 19.1 Å². The lowest BCUT2D eigenvalue weighted by Gasteiger charge is -2.33. The van der Waals surface area contributed by atoms with Gasteiger partial charge in [0.1, 0.15) is 6.04 Å². The van der Waals surface area contributed by atoms with Gasteiger partial charge < -0.3 is 9.64 Å². The quantitative estimate of drug-likeness (QED) is 0.837. The number of ether oxygens (including phenoxy) is 1. The third kappa shape index (κ3) is 2.74. The summed E-state index contributed by atoms with van der Waals surface area (Å²) in [6, 6.07) is 5.11. The third-order valence-corrected chi connectivity index (χ3v) is 5.51. The van der Waals surface area contributed by atoms with Crippen LogP contribution < -0.4 is 5.32 Å². The molecule has 6 heteroatoms. The summed E-state index contributed by atoms with van der Waals surface area (Å²) in [5.41, 5.74) is 2.70. The van der Waals surface area contributed by atoms with Crippen LogP contribution in [0.4, 0.5) is 0 Å². The minimum Gasteiger partial charge on any atom is -0.374 e. The molecule has 1 aromatic rings. The van der Waals surface area contributed by atoms with Crippen molar-refractivity contribution in [3.63, 3.8) is 0 Å². The van der Waals surface area contributed by atoms with Crippen LogP contribution in [0.1, 0.15) is 72.7 Å². The maximum atomic E-state index is 12.9. The highest BCUT2D eigenvalue weighted by atomic mass is 16.5. The highest BCUT2D eigenvalue weighted by Crippen LogP contribution is 2.39. The van der Waals surface area contributed by atoms with Crippen molar-refractivity contribution in [2.45, 2.75) is 57.2 Å². The number of hydrogen-bond acceptors (Lipinski definition) is 4. The second-order valence-corrected chi connectivity index (χ2v) is 7.06. The monoisotopic (exact) mass is 342 g/mol. The van der Waals surface area contributed by atoms with Crippen molar-refractivity contribution in [2.24, 2.45) is 0 Å². The first kappa shape index (κ1) is 16.3. The smallest absolute Gasteiger partial charge is 0.255 e. The lowest BCUT2D eigenvalue weighted by Crippen LogP contribution is -2.53. The number of piperidine rings is 1. The maximum absolute atomic E-state index is 12.9. The fourth-order valence-corrected chi connectivity index (χ4v) is 4.15. The summed E-state index contributed by atoms with van der Waals surface area (Å²) in [7, 11) is 0. The van der Waals surface area contributed by atoms with E-state index in [4.69, 9.17) is 4.74 Å². The van der Waals surface area contributed by atoms with Crippen LogP contribution >= 0.6 is 0 Å². The van der Waals surface area contributed by atoms with Crippen LogP contribution in [0.5, 0.6) is 0 Å². The minimum absolute atomic E-state index is 0.0889. The van der Waals surface area contributed by atoms with E-state index in [2.05, 4.69) is 11.4 Å². The van der Waals surface area contributed by atoms with Gasteiger partial charge in [-0.2, -0.15) is 0 Å². The van der Waals surface area contributed by atoms with E-state index in [-0.39, 0.29) is 36.3 Å². The van der Waals surface area contributed by atoms with Gasteiger partial charge in [-0.1, -0.05) is 12.1 Å². The molecule has 0 radical (unpaired) electrons. The normalized spacial score (nSPS) is 29.6. The SMILES string of the molecule is C[C@@H]1c2cc(C3CCCCO3)ccc2C(=O)N1[C@H]1CCC(=O)NC1=O. The molecule has 1 aromatic carbocycles. The third-order valence-electron chi connectivity index (χ3n) is 5.51. The molecular weight excluding hydrogens is 320 g/mol. The first-order chi connectivity index (χ1) is 12.1. The zero-order valence-electron chi connectivity index (χ0n) is 14.3. The number of amides is 3. The van der Waals surface area contributed by atoms with Crippen molar-refractivity contribution >= 4 is 17.7 Å². The summed E-state index contributed by atoms with van der Waals surface area (Å²) in [5, 5.41) is 2.35. The Morgan fingerprint density at radius 2 is 2.00 bits per heavy atom. The molecule has 3 aliphatic heterocycles. The summed E-state index contributed by atoms with van der Waals surface area (Å²) < 4.78 is 5.86. The number of benzene rings is 1. The Morgan fingerprint density at radius 1 is 1.16 bits per heavy atom. The lowest BCUT2D eigenvalue weighted by atomic mass is 9.96. The van der Waals surface area contributed by atoms with Crippen molar-refractivity contribution in [3.05, 3.63) is 34.9 Å². The lowest BCUT2D eigenvalue weighted by molar-refractivity contribution is -0.137. The molecule has 3 heterocycles. The molecule has 132 valence electrons. The predicted octanol–water partition coefficient (Wildman–Crippen LogP) is 2.25. The van der Waals surface area contributed by atoms with Gasteiger partial charge in [0, 0.05) is 18.6 Å². The minimum atomic E-state index is -0.581. The van der Waals surface area contributed by atoms with Gasteiger partial charge in [-0.3, -0.25) is 19.7 Å². The molecule has 0 spiro atoms. The molecule has 1 unspecified atom stereocenters. The Labute approximate surface area is 146 Å². The Kier molecular flexibility index (Phi) is 4.07. The highest BCUT2D eigenvalue weighted by Gasteiger charge is 2.43. The molecule has 1 N–H and O–H groups in total. The topological polar surface area (TPSA) is 75.7 Å². The Morgan fingerprint density at radius 3 is 2.72 bits per heavy atom. The van der Waals surface area contributed by atoms with E-state index in [0.717, 1.165) is 37.0 Å². The summed E-state index contributed by atoms with van der Waals surface area (Å²) in [6.07, 6.45) is 3.99. The van der Waals surface area contributed by atoms with Crippen LogP contribution in [-0.4, -0.2) is 35.3 Å². The second kappa shape index (κ2) is 6.26. The molecule has 0 saturated carbocycles. The average molecular weight is 342 g/mol. The van der Waals surface area contributed by atoms with Crippen molar-refractivity contribution in [3.8, 4) is 0 Å². The first-order valence-corrected chi connectivity index (χ1v) is 8.98. The van der Waals surface area contributed by atoms with Gasteiger partial charge in [0.05, 0.1) is 12.1 Å². The van der Waals surface area contributed by atoms with Crippen molar-refractivity contribution in [2.75, 3.05) is 6.61 Å². The van der Waals surface area contributed by atoms with Crippen LogP contribution in [0.2, 0.25) is 0 Å². The summed E-state index contributed by atoms with van der Waals surface area (Å²) in [4.78, 5) is 38.1. The van der Waals surface area contributed by atoms with Gasteiger partial charge in [-0.15, -0.1) is 0 Å². The van der Waals surface area contributed by atoms with Crippen molar-refractivity contribution < 1.29 is 19.1 Å². The highest BCUT2D eigenvalue weighted by molar-refractivity contribution is 6.05. The summed E-state index contributed by atoms with van der Waals surface area (Å²) in [6.45, 7) is 2.72. The number of imide groups is 1. The molecule has 2 fully saturated rings. The van der Waals surface area contributed by atoms with E-state index >= 15 is 0 Å². The number of hydrogen-bond donors (Lipinski definition) is 1. The molecule has 0 aliphatic carbocycles. The molecular formula is C19H22N2O4. The van der Waals surface area contributed by atoms with E-state index in [0.29, 0.717) is 12.0 Å². The molecule has 3 amide bonds. The fraction of sp³-hybridized carbons (Fsp3) is 0.526. The number of carbonyl (C=O) groups is 3. The van der Waals surface area contributed by atoms with Crippen molar-refractivity contribution in [1.82, 2.24) is 10.2 Å². The molecule has 2 saturated heterocycles. The van der Waals surface area contributed by atoms with Gasteiger partial charge >= 0.3 is 0 Å². The number of nitrogens with zero attached hydrogens (tertiary/aromatic N) is 1. The molecule has 0 bridgehead atoms. The van der Waals surface area contributed by atoms with Gasteiger partial charge in [0.2, 0.25) is 11.8 Å². The van der Waals surface area contributed by atoms with Crippen molar-refractivity contribution in [1.29, 1.82) is 0 Å². The maximum Gasteiger partial charge on any atom is 0.255 e. The largest absolute Gasteiger partial charge is 0.374 e. The molecule has 25 heavy (non-hydrogen) atoms. The molecule has 3 atom stereocenters. The van der Waals surface area contributed by atoms with Gasteiger partial charge in [0.15, 0.2) is 0 Å².